The summed E-state index contributed by atoms with van der Waals surface area (Å²) in [6.07, 6.45) is 36.0. The zero-order valence-corrected chi connectivity index (χ0v) is 23.5. The minimum absolute atomic E-state index is 0.109. The average molecular weight is 463 g/mol. The molecule has 0 aromatic heterocycles. The van der Waals surface area contributed by atoms with E-state index < -0.39 is 0 Å². The molecule has 0 aliphatic heterocycles. The second-order valence-electron chi connectivity index (χ2n) is 11.2. The first-order valence-electron chi connectivity index (χ1n) is 15.2. The van der Waals surface area contributed by atoms with Gasteiger partial charge in [-0.25, -0.2) is 0 Å². The van der Waals surface area contributed by atoms with Gasteiger partial charge < -0.3 is 0 Å². The smallest absolute Gasteiger partial charge is 0.138 e. The first kappa shape index (κ1) is 32.4. The molecule has 0 aliphatic carbocycles. The molecule has 0 aromatic rings. The van der Waals surface area contributed by atoms with E-state index in [0.29, 0.717) is 5.78 Å². The van der Waals surface area contributed by atoms with Crippen LogP contribution in [-0.4, -0.2) is 5.78 Å². The number of carbonyl (C=O) groups excluding carboxylic acids is 1. The predicted molar refractivity (Wildman–Crippen MR) is 150 cm³/mol. The number of hydrogen-bond donors (Lipinski definition) is 0. The molecule has 0 aliphatic rings. The highest BCUT2D eigenvalue weighted by Gasteiger charge is 2.25. The largest absolute Gasteiger partial charge is 0.299 e. The van der Waals surface area contributed by atoms with Gasteiger partial charge in [-0.2, -0.15) is 0 Å². The summed E-state index contributed by atoms with van der Waals surface area (Å²) in [4.78, 5) is 12.7. The molecule has 1 nitrogen and oxygen atoms in total. The summed E-state index contributed by atoms with van der Waals surface area (Å²) >= 11 is 0. The molecule has 0 fully saturated rings. The van der Waals surface area contributed by atoms with Crippen molar-refractivity contribution in [1.82, 2.24) is 0 Å². The van der Waals surface area contributed by atoms with Crippen LogP contribution in [0, 0.1) is 5.41 Å². The van der Waals surface area contributed by atoms with Crippen molar-refractivity contribution < 1.29 is 4.79 Å². The van der Waals surface area contributed by atoms with Crippen LogP contribution in [0.15, 0.2) is 12.2 Å². The Morgan fingerprint density at radius 1 is 0.515 bits per heavy atom. The van der Waals surface area contributed by atoms with Crippen molar-refractivity contribution in [2.24, 2.45) is 5.41 Å². The van der Waals surface area contributed by atoms with E-state index >= 15 is 0 Å². The van der Waals surface area contributed by atoms with Gasteiger partial charge >= 0.3 is 0 Å². The average Bonchev–Trinajstić information content (AvgIpc) is 2.80. The third kappa shape index (κ3) is 22.9. The van der Waals surface area contributed by atoms with Crippen LogP contribution in [0.1, 0.15) is 182 Å². The van der Waals surface area contributed by atoms with Gasteiger partial charge in [-0.05, 0) is 38.5 Å². The molecule has 33 heavy (non-hydrogen) atoms. The van der Waals surface area contributed by atoms with E-state index in [4.69, 9.17) is 0 Å². The van der Waals surface area contributed by atoms with Gasteiger partial charge in [0.2, 0.25) is 0 Å². The van der Waals surface area contributed by atoms with E-state index in [9.17, 15) is 4.79 Å². The summed E-state index contributed by atoms with van der Waals surface area (Å²) in [7, 11) is 0. The number of Topliss-reactive ketones (excluding diaryl/α,β-unsaturated/α-hetero) is 1. The minimum atomic E-state index is -0.109. The maximum atomic E-state index is 12.7. The van der Waals surface area contributed by atoms with Crippen molar-refractivity contribution in [2.45, 2.75) is 182 Å². The molecule has 0 atom stereocenters. The van der Waals surface area contributed by atoms with Gasteiger partial charge in [0.25, 0.3) is 0 Å². The first-order valence-corrected chi connectivity index (χ1v) is 15.2. The molecule has 0 N–H and O–H groups in total. The highest BCUT2D eigenvalue weighted by molar-refractivity contribution is 5.83. The Bertz CT molecular complexity index is 434. The summed E-state index contributed by atoms with van der Waals surface area (Å²) in [5, 5.41) is 0. The standard InChI is InChI=1S/C32H62O/c1-5-7-9-11-13-15-16-17-18-19-20-21-23-25-27-29-31(33)32(3,4)30-28-26-24-22-14-12-10-8-6-2/h17-18H,5-16,19-30H2,1-4H3/b18-17-. The number of allylic oxidation sites excluding steroid dienone is 2. The lowest BCUT2D eigenvalue weighted by molar-refractivity contribution is -0.127. The second kappa shape index (κ2) is 24.5. The van der Waals surface area contributed by atoms with Crippen molar-refractivity contribution in [1.29, 1.82) is 0 Å². The van der Waals surface area contributed by atoms with Gasteiger partial charge in [0.05, 0.1) is 0 Å². The quantitative estimate of drug-likeness (QED) is 0.0922. The number of hydrogen-bond acceptors (Lipinski definition) is 1. The van der Waals surface area contributed by atoms with Gasteiger partial charge in [0.15, 0.2) is 0 Å². The highest BCUT2D eigenvalue weighted by atomic mass is 16.1. The summed E-state index contributed by atoms with van der Waals surface area (Å²) in [5.41, 5.74) is -0.109. The van der Waals surface area contributed by atoms with E-state index in [1.165, 1.54) is 135 Å². The fraction of sp³-hybridized carbons (Fsp3) is 0.906. The van der Waals surface area contributed by atoms with Gasteiger partial charge in [-0.1, -0.05) is 149 Å². The Labute approximate surface area is 210 Å². The SMILES string of the molecule is CCCCCCCC/C=C\CCCCCCCC(=O)C(C)(C)CCCCCCCCCCC. The maximum Gasteiger partial charge on any atom is 0.138 e. The molecule has 0 rings (SSSR count). The Balaban J connectivity index is 3.50. The molecule has 0 saturated carbocycles. The number of carbonyl (C=O) groups is 1. The van der Waals surface area contributed by atoms with Crippen molar-refractivity contribution in [2.75, 3.05) is 0 Å². The zero-order valence-electron chi connectivity index (χ0n) is 23.5. The zero-order chi connectivity index (χ0) is 24.5. The summed E-state index contributed by atoms with van der Waals surface area (Å²) < 4.78 is 0. The summed E-state index contributed by atoms with van der Waals surface area (Å²) in [5.74, 6) is 0.500. The molecule has 1 heteroatoms. The van der Waals surface area contributed by atoms with Crippen LogP contribution >= 0.6 is 0 Å². The monoisotopic (exact) mass is 462 g/mol. The lowest BCUT2D eigenvalue weighted by atomic mass is 9.80. The number of ketones is 1. The maximum absolute atomic E-state index is 12.7. The fourth-order valence-corrected chi connectivity index (χ4v) is 4.71. The molecule has 0 saturated heterocycles. The Hall–Kier alpha value is -0.590. The second-order valence-corrected chi connectivity index (χ2v) is 11.2. The van der Waals surface area contributed by atoms with Crippen molar-refractivity contribution >= 4 is 5.78 Å². The van der Waals surface area contributed by atoms with Gasteiger partial charge in [-0.3, -0.25) is 4.79 Å². The first-order chi connectivity index (χ1) is 16.0. The lowest BCUT2D eigenvalue weighted by Crippen LogP contribution is -2.24. The van der Waals surface area contributed by atoms with Crippen molar-refractivity contribution in [3.05, 3.63) is 12.2 Å². The van der Waals surface area contributed by atoms with Crippen LogP contribution in [0.3, 0.4) is 0 Å². The van der Waals surface area contributed by atoms with Crippen molar-refractivity contribution in [3.63, 3.8) is 0 Å². The van der Waals surface area contributed by atoms with Gasteiger partial charge in [0, 0.05) is 11.8 Å². The van der Waals surface area contributed by atoms with Gasteiger partial charge in [0.1, 0.15) is 5.78 Å². The van der Waals surface area contributed by atoms with E-state index in [1.807, 2.05) is 0 Å². The number of unbranched alkanes of at least 4 members (excludes halogenated alkanes) is 19. The topological polar surface area (TPSA) is 17.1 Å². The molecular formula is C32H62O. The number of rotatable bonds is 26. The molecule has 0 spiro atoms. The van der Waals surface area contributed by atoms with Crippen LogP contribution in [-0.2, 0) is 4.79 Å². The van der Waals surface area contributed by atoms with Crippen LogP contribution in [0.2, 0.25) is 0 Å². The molecule has 0 aromatic carbocycles. The Morgan fingerprint density at radius 2 is 0.879 bits per heavy atom. The lowest BCUT2D eigenvalue weighted by Gasteiger charge is -2.23. The third-order valence-corrected chi connectivity index (χ3v) is 7.33. The summed E-state index contributed by atoms with van der Waals surface area (Å²) in [6.45, 7) is 8.92. The molecule has 0 amide bonds. The van der Waals surface area contributed by atoms with E-state index in [0.717, 1.165) is 19.3 Å². The van der Waals surface area contributed by atoms with E-state index in [2.05, 4.69) is 39.8 Å². The van der Waals surface area contributed by atoms with E-state index in [1.54, 1.807) is 0 Å². The molecule has 0 bridgehead atoms. The predicted octanol–water partition coefficient (Wildman–Crippen LogP) is 11.5. The van der Waals surface area contributed by atoms with Crippen LogP contribution in [0.25, 0.3) is 0 Å². The molecular weight excluding hydrogens is 400 g/mol. The van der Waals surface area contributed by atoms with Crippen molar-refractivity contribution in [3.8, 4) is 0 Å². The van der Waals surface area contributed by atoms with Gasteiger partial charge in [-0.15, -0.1) is 0 Å². The highest BCUT2D eigenvalue weighted by Crippen LogP contribution is 2.28. The van der Waals surface area contributed by atoms with Crippen LogP contribution in [0.4, 0.5) is 0 Å². The Morgan fingerprint density at radius 3 is 1.33 bits per heavy atom. The third-order valence-electron chi connectivity index (χ3n) is 7.33. The fourth-order valence-electron chi connectivity index (χ4n) is 4.71. The molecule has 0 heterocycles. The molecule has 0 radical (unpaired) electrons. The molecule has 0 unspecified atom stereocenters. The Kier molecular flexibility index (Phi) is 24.1. The van der Waals surface area contributed by atoms with Crippen LogP contribution in [0.5, 0.6) is 0 Å². The minimum Gasteiger partial charge on any atom is -0.299 e. The van der Waals surface area contributed by atoms with Crippen LogP contribution < -0.4 is 0 Å². The summed E-state index contributed by atoms with van der Waals surface area (Å²) in [6, 6.07) is 0. The molecule has 196 valence electrons. The van der Waals surface area contributed by atoms with E-state index in [-0.39, 0.29) is 5.41 Å². The normalized spacial score (nSPS) is 12.1.